The lowest BCUT2D eigenvalue weighted by Crippen LogP contribution is -2.46. The minimum Gasteiger partial charge on any atom is -0.444 e. The Morgan fingerprint density at radius 2 is 1.77 bits per heavy atom. The molecule has 0 fully saturated rings. The fourth-order valence-electron chi connectivity index (χ4n) is 2.75. The molecule has 0 unspecified atom stereocenters. The number of carbonyl (C=O) groups excluding carboxylic acids is 2. The second-order valence-corrected chi connectivity index (χ2v) is 10.9. The van der Waals surface area contributed by atoms with Crippen LogP contribution in [0.2, 0.25) is 0 Å². The maximum Gasteiger partial charge on any atom is 0.408 e. The molecule has 9 nitrogen and oxygen atoms in total. The van der Waals surface area contributed by atoms with E-state index in [-0.39, 0.29) is 12.1 Å². The fourth-order valence-corrected chi connectivity index (χ4v) is 3.83. The van der Waals surface area contributed by atoms with Gasteiger partial charge in [0.2, 0.25) is 5.91 Å². The van der Waals surface area contributed by atoms with Crippen LogP contribution in [0.15, 0.2) is 24.3 Å². The molecule has 1 rings (SSSR count). The molecule has 31 heavy (non-hydrogen) atoms. The number of carbonyl (C=O) groups is 2. The summed E-state index contributed by atoms with van der Waals surface area (Å²) in [5.74, 6) is -0.262. The van der Waals surface area contributed by atoms with Gasteiger partial charge in [0.25, 0.3) is 0 Å². The number of hydrogen-bond donors (Lipinski definition) is 3. The second kappa shape index (κ2) is 11.6. The molecule has 0 radical (unpaired) electrons. The molecule has 0 aliphatic carbocycles. The monoisotopic (exact) mass is 458 g/mol. The number of benzene rings is 1. The normalized spacial score (nSPS) is 14.1. The summed E-state index contributed by atoms with van der Waals surface area (Å²) in [7, 11) is -0.909. The summed E-state index contributed by atoms with van der Waals surface area (Å²) in [6.45, 7) is 9.11. The van der Waals surface area contributed by atoms with Gasteiger partial charge in [-0.05, 0) is 50.8 Å². The molecule has 2 atom stereocenters. The van der Waals surface area contributed by atoms with E-state index in [0.29, 0.717) is 17.7 Å². The van der Waals surface area contributed by atoms with Gasteiger partial charge in [0, 0.05) is 19.9 Å². The van der Waals surface area contributed by atoms with Crippen molar-refractivity contribution in [1.82, 2.24) is 5.32 Å². The molecule has 2 amide bonds. The van der Waals surface area contributed by atoms with Crippen LogP contribution in [0.5, 0.6) is 0 Å². The first kappa shape index (κ1) is 27.1. The Labute approximate surface area is 184 Å². The summed E-state index contributed by atoms with van der Waals surface area (Å²) < 4.78 is 27.3. The maximum absolute atomic E-state index is 12.8. The number of aliphatic hydroxyl groups is 1. The van der Waals surface area contributed by atoms with Crippen molar-refractivity contribution < 1.29 is 33.0 Å². The molecule has 0 aliphatic heterocycles. The minimum absolute atomic E-state index is 0.149. The van der Waals surface area contributed by atoms with Crippen LogP contribution in [-0.4, -0.2) is 49.1 Å². The average molecular weight is 458 g/mol. The Morgan fingerprint density at radius 3 is 2.29 bits per heavy atom. The summed E-state index contributed by atoms with van der Waals surface area (Å²) in [5.41, 5.74) is 0.177. The third-order valence-electron chi connectivity index (χ3n) is 4.21. The van der Waals surface area contributed by atoms with Gasteiger partial charge in [0.05, 0.1) is 12.3 Å². The number of nitrogens with one attached hydrogen (secondary N) is 2. The highest BCUT2D eigenvalue weighted by molar-refractivity contribution is 7.53. The zero-order chi connectivity index (χ0) is 23.8. The quantitative estimate of drug-likeness (QED) is 0.451. The van der Waals surface area contributed by atoms with E-state index in [1.165, 1.54) is 14.2 Å². The Bertz CT molecular complexity index is 784. The molecule has 10 heteroatoms. The number of aliphatic hydroxyl groups excluding tert-OH is 1. The molecule has 0 saturated heterocycles. The third kappa shape index (κ3) is 9.82. The summed E-state index contributed by atoms with van der Waals surface area (Å²) >= 11 is 0. The zero-order valence-corrected chi connectivity index (χ0v) is 20.2. The van der Waals surface area contributed by atoms with Crippen LogP contribution in [0.3, 0.4) is 0 Å². The van der Waals surface area contributed by atoms with Crippen molar-refractivity contribution in [1.29, 1.82) is 0 Å². The summed E-state index contributed by atoms with van der Waals surface area (Å²) in [4.78, 5) is 25.0. The molecule has 3 N–H and O–H groups in total. The van der Waals surface area contributed by atoms with E-state index in [1.807, 2.05) is 13.8 Å². The number of alkyl carbamates (subject to hydrolysis) is 1. The lowest BCUT2D eigenvalue weighted by molar-refractivity contribution is -0.118. The Hall–Kier alpha value is -1.93. The lowest BCUT2D eigenvalue weighted by atomic mass is 10.0. The molecule has 0 saturated carbocycles. The standard InChI is InChI=1S/C21H35N2O7P/c1-14(2)11-17(23-20(26)30-21(3,4)5)19(25)22-16-10-8-9-15(12-16)18(24)13-31(27,28-6)29-7/h8-10,12,14,17-18,24H,11,13H2,1-7H3,(H,22,25)(H,23,26)/t17-,18+/m0/s1. The van der Waals surface area contributed by atoms with E-state index >= 15 is 0 Å². The van der Waals surface area contributed by atoms with Gasteiger partial charge in [-0.1, -0.05) is 26.0 Å². The van der Waals surface area contributed by atoms with Crippen molar-refractivity contribution in [2.75, 3.05) is 25.7 Å². The van der Waals surface area contributed by atoms with Crippen LogP contribution in [0, 0.1) is 5.92 Å². The highest BCUT2D eigenvalue weighted by Crippen LogP contribution is 2.49. The third-order valence-corrected chi connectivity index (χ3v) is 6.11. The van der Waals surface area contributed by atoms with Crippen molar-refractivity contribution in [3.63, 3.8) is 0 Å². The topological polar surface area (TPSA) is 123 Å². The molecule has 176 valence electrons. The molecule has 0 aromatic heterocycles. The van der Waals surface area contributed by atoms with Crippen molar-refractivity contribution in [3.8, 4) is 0 Å². The molecular formula is C21H35N2O7P. The van der Waals surface area contributed by atoms with Gasteiger partial charge in [0.1, 0.15) is 11.6 Å². The number of hydrogen-bond acceptors (Lipinski definition) is 7. The predicted molar refractivity (Wildman–Crippen MR) is 119 cm³/mol. The Kier molecular flexibility index (Phi) is 10.2. The van der Waals surface area contributed by atoms with Crippen LogP contribution in [-0.2, 0) is 23.1 Å². The molecule has 0 aliphatic rings. The van der Waals surface area contributed by atoms with E-state index < -0.39 is 37.3 Å². The highest BCUT2D eigenvalue weighted by atomic mass is 31.2. The van der Waals surface area contributed by atoms with Gasteiger partial charge in [-0.25, -0.2) is 4.79 Å². The average Bonchev–Trinajstić information content (AvgIpc) is 2.65. The minimum atomic E-state index is -3.41. The van der Waals surface area contributed by atoms with E-state index in [0.717, 1.165) is 0 Å². The molecule has 1 aromatic rings. The molecule has 0 bridgehead atoms. The van der Waals surface area contributed by atoms with Crippen LogP contribution in [0.25, 0.3) is 0 Å². The highest BCUT2D eigenvalue weighted by Gasteiger charge is 2.28. The van der Waals surface area contributed by atoms with Crippen molar-refractivity contribution in [2.24, 2.45) is 5.92 Å². The first-order valence-corrected chi connectivity index (χ1v) is 11.8. The number of amides is 2. The molecule has 1 aromatic carbocycles. The second-order valence-electron chi connectivity index (χ2n) is 8.62. The predicted octanol–water partition coefficient (Wildman–Crippen LogP) is 4.08. The molecule has 0 spiro atoms. The smallest absolute Gasteiger partial charge is 0.408 e. The van der Waals surface area contributed by atoms with Gasteiger partial charge >= 0.3 is 13.7 Å². The number of anilines is 1. The zero-order valence-electron chi connectivity index (χ0n) is 19.3. The summed E-state index contributed by atoms with van der Waals surface area (Å²) in [6, 6.07) is 5.71. The van der Waals surface area contributed by atoms with E-state index in [4.69, 9.17) is 13.8 Å². The Balaban J connectivity index is 2.92. The van der Waals surface area contributed by atoms with Gasteiger partial charge in [-0.15, -0.1) is 0 Å². The SMILES string of the molecule is COP(=O)(C[C@@H](O)c1cccc(NC(=O)[C@H](CC(C)C)NC(=O)OC(C)(C)C)c1)OC. The van der Waals surface area contributed by atoms with Gasteiger partial charge < -0.3 is 29.5 Å². The van der Waals surface area contributed by atoms with Crippen LogP contribution < -0.4 is 10.6 Å². The first-order chi connectivity index (χ1) is 14.3. The van der Waals surface area contributed by atoms with Gasteiger partial charge in [0.15, 0.2) is 0 Å². The number of rotatable bonds is 10. The van der Waals surface area contributed by atoms with Gasteiger partial charge in [-0.2, -0.15) is 0 Å². The van der Waals surface area contributed by atoms with Crippen LogP contribution in [0.1, 0.15) is 52.7 Å². The molecular weight excluding hydrogens is 423 g/mol. The summed E-state index contributed by atoms with van der Waals surface area (Å²) in [6.07, 6.45) is -1.60. The van der Waals surface area contributed by atoms with Crippen molar-refractivity contribution in [2.45, 2.75) is 58.8 Å². The van der Waals surface area contributed by atoms with Crippen LogP contribution in [0.4, 0.5) is 10.5 Å². The molecule has 0 heterocycles. The van der Waals surface area contributed by atoms with Crippen molar-refractivity contribution >= 4 is 25.3 Å². The van der Waals surface area contributed by atoms with Gasteiger partial charge in [-0.3, -0.25) is 9.36 Å². The van der Waals surface area contributed by atoms with E-state index in [2.05, 4.69) is 10.6 Å². The largest absolute Gasteiger partial charge is 0.444 e. The van der Waals surface area contributed by atoms with Crippen LogP contribution >= 0.6 is 7.60 Å². The van der Waals surface area contributed by atoms with E-state index in [9.17, 15) is 19.3 Å². The van der Waals surface area contributed by atoms with E-state index in [1.54, 1.807) is 45.0 Å². The Morgan fingerprint density at radius 1 is 1.16 bits per heavy atom. The number of ether oxygens (including phenoxy) is 1. The summed E-state index contributed by atoms with van der Waals surface area (Å²) in [5, 5.41) is 15.8. The maximum atomic E-state index is 12.8. The first-order valence-electron chi connectivity index (χ1n) is 10.1. The fraction of sp³-hybridized carbons (Fsp3) is 0.619. The lowest BCUT2D eigenvalue weighted by Gasteiger charge is -2.24. The van der Waals surface area contributed by atoms with Crippen molar-refractivity contribution in [3.05, 3.63) is 29.8 Å².